The highest BCUT2D eigenvalue weighted by atomic mass is 16.5. The van der Waals surface area contributed by atoms with Crippen molar-refractivity contribution < 1.29 is 14.2 Å². The second-order valence-electron chi connectivity index (χ2n) is 4.98. The molecule has 6 nitrogen and oxygen atoms in total. The van der Waals surface area contributed by atoms with Gasteiger partial charge in [-0.25, -0.2) is 9.97 Å². The molecule has 0 radical (unpaired) electrons. The predicted molar refractivity (Wildman–Crippen MR) is 83.1 cm³/mol. The Bertz CT molecular complexity index is 400. The number of methoxy groups -OCH3 is 1. The van der Waals surface area contributed by atoms with E-state index in [9.17, 15) is 0 Å². The van der Waals surface area contributed by atoms with Gasteiger partial charge in [0.05, 0.1) is 25.4 Å². The Morgan fingerprint density at radius 1 is 1.14 bits per heavy atom. The first kappa shape index (κ1) is 17.7. The molecule has 1 heterocycles. The van der Waals surface area contributed by atoms with E-state index in [2.05, 4.69) is 36.1 Å². The third-order valence-electron chi connectivity index (χ3n) is 2.87. The Hall–Kier alpha value is -1.40. The maximum absolute atomic E-state index is 5.74. The molecule has 0 unspecified atom stereocenters. The summed E-state index contributed by atoms with van der Waals surface area (Å²) in [6.45, 7) is 9.37. The molecule has 6 heteroatoms. The van der Waals surface area contributed by atoms with Crippen molar-refractivity contribution >= 4 is 5.82 Å². The Labute approximate surface area is 127 Å². The van der Waals surface area contributed by atoms with Crippen molar-refractivity contribution in [3.63, 3.8) is 0 Å². The van der Waals surface area contributed by atoms with Gasteiger partial charge in [-0.1, -0.05) is 20.8 Å². The summed E-state index contributed by atoms with van der Waals surface area (Å²) < 4.78 is 16.0. The molecule has 0 fully saturated rings. The third kappa shape index (κ3) is 6.27. The molecule has 0 aliphatic heterocycles. The first-order valence-electron chi connectivity index (χ1n) is 7.48. The molecule has 1 N–H and O–H groups in total. The van der Waals surface area contributed by atoms with E-state index in [0.29, 0.717) is 32.3 Å². The van der Waals surface area contributed by atoms with Gasteiger partial charge in [0.2, 0.25) is 5.88 Å². The van der Waals surface area contributed by atoms with Gasteiger partial charge in [0.15, 0.2) is 0 Å². The van der Waals surface area contributed by atoms with Crippen LogP contribution in [0.2, 0.25) is 0 Å². The number of ether oxygens (including phenoxy) is 3. The van der Waals surface area contributed by atoms with Crippen molar-refractivity contribution in [2.75, 3.05) is 45.4 Å². The molecular formula is C15H27N3O3. The summed E-state index contributed by atoms with van der Waals surface area (Å²) in [6, 6.07) is 0. The van der Waals surface area contributed by atoms with E-state index in [1.807, 2.05) is 0 Å². The van der Waals surface area contributed by atoms with Crippen LogP contribution in [0.1, 0.15) is 38.7 Å². The van der Waals surface area contributed by atoms with Crippen molar-refractivity contribution in [1.29, 1.82) is 0 Å². The molecule has 21 heavy (non-hydrogen) atoms. The first-order chi connectivity index (χ1) is 10.2. The molecule has 1 aromatic rings. The topological polar surface area (TPSA) is 65.5 Å². The second-order valence-corrected chi connectivity index (χ2v) is 4.98. The minimum Gasteiger partial charge on any atom is -0.475 e. The minimum absolute atomic E-state index is 0.287. The number of rotatable bonds is 11. The largest absolute Gasteiger partial charge is 0.475 e. The number of hydrogen-bond donors (Lipinski definition) is 1. The Balaban J connectivity index is 2.59. The summed E-state index contributed by atoms with van der Waals surface area (Å²) in [5.74, 6) is 1.78. The fourth-order valence-electron chi connectivity index (χ4n) is 1.84. The van der Waals surface area contributed by atoms with Crippen molar-refractivity contribution in [3.05, 3.63) is 11.9 Å². The van der Waals surface area contributed by atoms with Gasteiger partial charge in [0, 0.05) is 13.7 Å². The molecule has 0 saturated heterocycles. The molecule has 0 amide bonds. The lowest BCUT2D eigenvalue weighted by Crippen LogP contribution is -2.14. The van der Waals surface area contributed by atoms with Crippen molar-refractivity contribution in [2.24, 2.45) is 0 Å². The van der Waals surface area contributed by atoms with Gasteiger partial charge in [-0.2, -0.15) is 0 Å². The van der Waals surface area contributed by atoms with Crippen LogP contribution in [0.25, 0.3) is 0 Å². The molecule has 1 rings (SSSR count). The molecule has 0 aliphatic carbocycles. The van der Waals surface area contributed by atoms with Crippen LogP contribution in [0.3, 0.4) is 0 Å². The van der Waals surface area contributed by atoms with Crippen LogP contribution < -0.4 is 10.1 Å². The van der Waals surface area contributed by atoms with E-state index in [1.54, 1.807) is 7.11 Å². The minimum atomic E-state index is 0.287. The summed E-state index contributed by atoms with van der Waals surface area (Å²) in [7, 11) is 1.65. The summed E-state index contributed by atoms with van der Waals surface area (Å²) in [5.41, 5.74) is 1.02. The van der Waals surface area contributed by atoms with Gasteiger partial charge >= 0.3 is 0 Å². The molecule has 0 spiro atoms. The zero-order chi connectivity index (χ0) is 15.5. The molecule has 0 saturated carbocycles. The Morgan fingerprint density at radius 3 is 2.57 bits per heavy atom. The molecule has 120 valence electrons. The standard InChI is InChI=1S/C15H27N3O3/c1-5-6-16-14-13(12(2)3)15(18-11-17-14)21-10-9-20-8-7-19-4/h11-12H,5-10H2,1-4H3,(H,16,17,18). The van der Waals surface area contributed by atoms with Crippen LogP contribution in [0.4, 0.5) is 5.82 Å². The van der Waals surface area contributed by atoms with E-state index in [-0.39, 0.29) is 5.92 Å². The van der Waals surface area contributed by atoms with Crippen LogP contribution in [0.5, 0.6) is 5.88 Å². The highest BCUT2D eigenvalue weighted by molar-refractivity contribution is 5.50. The Kier molecular flexibility index (Phi) is 8.69. The van der Waals surface area contributed by atoms with Crippen molar-refractivity contribution in [1.82, 2.24) is 9.97 Å². The number of nitrogens with one attached hydrogen (secondary N) is 1. The van der Waals surface area contributed by atoms with Crippen LogP contribution in [-0.2, 0) is 9.47 Å². The van der Waals surface area contributed by atoms with Gasteiger partial charge in [-0.3, -0.25) is 0 Å². The van der Waals surface area contributed by atoms with Gasteiger partial charge in [-0.05, 0) is 12.3 Å². The molecule has 0 aliphatic rings. The lowest BCUT2D eigenvalue weighted by atomic mass is 10.1. The van der Waals surface area contributed by atoms with E-state index < -0.39 is 0 Å². The maximum Gasteiger partial charge on any atom is 0.222 e. The zero-order valence-electron chi connectivity index (χ0n) is 13.5. The number of hydrogen-bond acceptors (Lipinski definition) is 6. The third-order valence-corrected chi connectivity index (χ3v) is 2.87. The molecule has 0 aromatic carbocycles. The maximum atomic E-state index is 5.74. The average molecular weight is 297 g/mol. The lowest BCUT2D eigenvalue weighted by molar-refractivity contribution is 0.0534. The van der Waals surface area contributed by atoms with Crippen molar-refractivity contribution in [3.8, 4) is 5.88 Å². The summed E-state index contributed by atoms with van der Waals surface area (Å²) >= 11 is 0. The van der Waals surface area contributed by atoms with Crippen LogP contribution in [-0.4, -0.2) is 50.1 Å². The number of aromatic nitrogens is 2. The predicted octanol–water partition coefficient (Wildman–Crippen LogP) is 2.46. The zero-order valence-corrected chi connectivity index (χ0v) is 13.5. The molecule has 0 atom stereocenters. The first-order valence-corrected chi connectivity index (χ1v) is 7.48. The molecule has 0 bridgehead atoms. The number of anilines is 1. The average Bonchev–Trinajstić information content (AvgIpc) is 2.48. The highest BCUT2D eigenvalue weighted by Gasteiger charge is 2.15. The van der Waals surface area contributed by atoms with Gasteiger partial charge < -0.3 is 19.5 Å². The molecular weight excluding hydrogens is 270 g/mol. The Morgan fingerprint density at radius 2 is 1.90 bits per heavy atom. The lowest BCUT2D eigenvalue weighted by Gasteiger charge is -2.17. The van der Waals surface area contributed by atoms with Crippen LogP contribution in [0, 0.1) is 0 Å². The van der Waals surface area contributed by atoms with Gasteiger partial charge in [-0.15, -0.1) is 0 Å². The highest BCUT2D eigenvalue weighted by Crippen LogP contribution is 2.29. The van der Waals surface area contributed by atoms with E-state index in [4.69, 9.17) is 14.2 Å². The van der Waals surface area contributed by atoms with E-state index >= 15 is 0 Å². The van der Waals surface area contributed by atoms with Gasteiger partial charge in [0.1, 0.15) is 18.8 Å². The van der Waals surface area contributed by atoms with Gasteiger partial charge in [0.25, 0.3) is 0 Å². The summed E-state index contributed by atoms with van der Waals surface area (Å²) in [5, 5.41) is 3.32. The fraction of sp³-hybridized carbons (Fsp3) is 0.733. The smallest absolute Gasteiger partial charge is 0.222 e. The van der Waals surface area contributed by atoms with Crippen LogP contribution >= 0.6 is 0 Å². The van der Waals surface area contributed by atoms with Crippen molar-refractivity contribution in [2.45, 2.75) is 33.1 Å². The van der Waals surface area contributed by atoms with Crippen LogP contribution in [0.15, 0.2) is 6.33 Å². The number of nitrogens with zero attached hydrogens (tertiary/aromatic N) is 2. The normalized spacial score (nSPS) is 10.9. The molecule has 1 aromatic heterocycles. The summed E-state index contributed by atoms with van der Waals surface area (Å²) in [4.78, 5) is 8.57. The fourth-order valence-corrected chi connectivity index (χ4v) is 1.84. The van der Waals surface area contributed by atoms with E-state index in [1.165, 1.54) is 6.33 Å². The SMILES string of the molecule is CCCNc1ncnc(OCCOCCOC)c1C(C)C. The van der Waals surface area contributed by atoms with E-state index in [0.717, 1.165) is 24.3 Å². The quantitative estimate of drug-likeness (QED) is 0.633. The second kappa shape index (κ2) is 10.3. The summed E-state index contributed by atoms with van der Waals surface area (Å²) in [6.07, 6.45) is 2.58. The monoisotopic (exact) mass is 297 g/mol.